The fraction of sp³-hybridized carbons (Fsp3) is 0.400. The Balaban J connectivity index is 2.50. The van der Waals surface area contributed by atoms with Crippen LogP contribution in [-0.4, -0.2) is 40.1 Å². The van der Waals surface area contributed by atoms with Crippen LogP contribution in [-0.2, 0) is 14.4 Å². The molecule has 1 aliphatic heterocycles. The molecular formula is C15H16FNO4. The molecule has 21 heavy (non-hydrogen) atoms. The molecule has 6 heteroatoms. The van der Waals surface area contributed by atoms with Gasteiger partial charge in [0.15, 0.2) is 0 Å². The smallest absolute Gasteiger partial charge is 0.291 e. The molecule has 1 fully saturated rings. The van der Waals surface area contributed by atoms with E-state index in [9.17, 15) is 23.9 Å². The first-order valence-corrected chi connectivity index (χ1v) is 6.61. The van der Waals surface area contributed by atoms with E-state index >= 15 is 0 Å². The molecule has 1 N–H and O–H groups in total. The van der Waals surface area contributed by atoms with E-state index in [1.165, 1.54) is 32.0 Å². The van der Waals surface area contributed by atoms with Crippen molar-refractivity contribution in [2.75, 3.05) is 6.54 Å². The van der Waals surface area contributed by atoms with E-state index in [4.69, 9.17) is 0 Å². The molecule has 1 heterocycles. The van der Waals surface area contributed by atoms with Crippen molar-refractivity contribution in [1.29, 1.82) is 0 Å². The lowest BCUT2D eigenvalue weighted by atomic mass is 9.90. The molecule has 1 saturated heterocycles. The molecule has 0 aromatic heterocycles. The number of amides is 1. The van der Waals surface area contributed by atoms with E-state index in [1.54, 1.807) is 6.07 Å². The summed E-state index contributed by atoms with van der Waals surface area (Å²) >= 11 is 0. The Labute approximate surface area is 121 Å². The summed E-state index contributed by atoms with van der Waals surface area (Å²) in [7, 11) is 0. The summed E-state index contributed by atoms with van der Waals surface area (Å²) in [5, 5.41) is 9.50. The number of likely N-dealkylation sites (tertiary alicyclic amines) is 1. The van der Waals surface area contributed by atoms with Crippen molar-refractivity contribution in [3.63, 3.8) is 0 Å². The van der Waals surface area contributed by atoms with Crippen molar-refractivity contribution in [2.24, 2.45) is 5.92 Å². The van der Waals surface area contributed by atoms with Crippen molar-refractivity contribution in [3.8, 4) is 0 Å². The predicted octanol–water partition coefficient (Wildman–Crippen LogP) is 0.864. The third kappa shape index (κ3) is 2.85. The summed E-state index contributed by atoms with van der Waals surface area (Å²) in [5.74, 6) is -3.74. The Hall–Kier alpha value is -2.08. The number of ketones is 2. The maximum Gasteiger partial charge on any atom is 0.291 e. The number of carbonyl (C=O) groups excluding carboxylic acids is 3. The summed E-state index contributed by atoms with van der Waals surface area (Å²) in [6.07, 6.45) is -0.858. The maximum absolute atomic E-state index is 13.4. The minimum Gasteiger partial charge on any atom is -0.392 e. The normalized spacial score (nSPS) is 23.5. The Morgan fingerprint density at radius 3 is 2.62 bits per heavy atom. The summed E-state index contributed by atoms with van der Waals surface area (Å²) in [5.41, 5.74) is 0.370. The fourth-order valence-corrected chi connectivity index (χ4v) is 2.68. The first kappa shape index (κ1) is 15.3. The van der Waals surface area contributed by atoms with Crippen LogP contribution in [0.4, 0.5) is 4.39 Å². The molecule has 1 amide bonds. The second-order valence-corrected chi connectivity index (χ2v) is 5.26. The zero-order valence-corrected chi connectivity index (χ0v) is 11.7. The van der Waals surface area contributed by atoms with Crippen molar-refractivity contribution >= 4 is 17.5 Å². The molecule has 0 saturated carbocycles. The molecular weight excluding hydrogens is 277 g/mol. The van der Waals surface area contributed by atoms with Crippen LogP contribution in [0.3, 0.4) is 0 Å². The lowest BCUT2D eigenvalue weighted by Gasteiger charge is -2.27. The van der Waals surface area contributed by atoms with Gasteiger partial charge in [-0.25, -0.2) is 4.39 Å². The quantitative estimate of drug-likeness (QED) is 0.660. The SMILES string of the molecule is CC(=O)C1C(=O)C(=O)N(CC(C)O)C1c1cccc(F)c1. The molecule has 3 unspecified atom stereocenters. The molecule has 1 aromatic carbocycles. The van der Waals surface area contributed by atoms with Crippen LogP contribution < -0.4 is 0 Å². The summed E-state index contributed by atoms with van der Waals surface area (Å²) < 4.78 is 13.4. The maximum atomic E-state index is 13.4. The molecule has 5 nitrogen and oxygen atoms in total. The number of β-amino-alcohol motifs (C(OH)–C–C–N with tert-alkyl or cyclic N) is 1. The number of hydrogen-bond donors (Lipinski definition) is 1. The minimum atomic E-state index is -1.15. The number of carbonyl (C=O) groups is 3. The van der Waals surface area contributed by atoms with Crippen LogP contribution in [0.25, 0.3) is 0 Å². The Morgan fingerprint density at radius 2 is 2.10 bits per heavy atom. The van der Waals surface area contributed by atoms with Crippen LogP contribution in [0.15, 0.2) is 24.3 Å². The Kier molecular flexibility index (Phi) is 4.18. The molecule has 2 rings (SSSR count). The van der Waals surface area contributed by atoms with E-state index in [1.807, 2.05) is 0 Å². The topological polar surface area (TPSA) is 74.7 Å². The number of aliphatic hydroxyl groups is 1. The molecule has 0 radical (unpaired) electrons. The molecule has 112 valence electrons. The standard InChI is InChI=1S/C15H16FNO4/c1-8(18)7-17-13(10-4-3-5-11(16)6-10)12(9(2)19)14(20)15(17)21/h3-6,8,12-13,18H,7H2,1-2H3. The first-order chi connectivity index (χ1) is 9.82. The van der Waals surface area contributed by atoms with Crippen LogP contribution in [0.5, 0.6) is 0 Å². The first-order valence-electron chi connectivity index (χ1n) is 6.61. The van der Waals surface area contributed by atoms with Crippen LogP contribution in [0, 0.1) is 11.7 Å². The molecule has 0 aliphatic carbocycles. The number of halogens is 1. The van der Waals surface area contributed by atoms with E-state index in [-0.39, 0.29) is 6.54 Å². The average molecular weight is 293 g/mol. The fourth-order valence-electron chi connectivity index (χ4n) is 2.68. The predicted molar refractivity (Wildman–Crippen MR) is 71.7 cm³/mol. The average Bonchev–Trinajstić information content (AvgIpc) is 2.63. The van der Waals surface area contributed by atoms with Gasteiger partial charge in [0.2, 0.25) is 5.78 Å². The number of nitrogens with zero attached hydrogens (tertiary/aromatic N) is 1. The van der Waals surface area contributed by atoms with E-state index in [2.05, 4.69) is 0 Å². The summed E-state index contributed by atoms with van der Waals surface area (Å²) in [4.78, 5) is 37.0. The van der Waals surface area contributed by atoms with Gasteiger partial charge in [0.1, 0.15) is 17.5 Å². The van der Waals surface area contributed by atoms with Gasteiger partial charge in [0.05, 0.1) is 12.1 Å². The van der Waals surface area contributed by atoms with Crippen LogP contribution >= 0.6 is 0 Å². The van der Waals surface area contributed by atoms with E-state index in [0.717, 1.165) is 4.90 Å². The summed E-state index contributed by atoms with van der Waals surface area (Å²) in [6, 6.07) is 4.58. The monoisotopic (exact) mass is 293 g/mol. The van der Waals surface area contributed by atoms with Crippen LogP contribution in [0.2, 0.25) is 0 Å². The number of benzene rings is 1. The van der Waals surface area contributed by atoms with Crippen LogP contribution in [0.1, 0.15) is 25.5 Å². The van der Waals surface area contributed by atoms with Gasteiger partial charge in [-0.05, 0) is 31.5 Å². The lowest BCUT2D eigenvalue weighted by molar-refractivity contribution is -0.142. The Bertz CT molecular complexity index is 599. The zero-order chi connectivity index (χ0) is 15.7. The third-order valence-electron chi connectivity index (χ3n) is 3.49. The minimum absolute atomic E-state index is 0.0878. The molecule has 3 atom stereocenters. The zero-order valence-electron chi connectivity index (χ0n) is 11.7. The third-order valence-corrected chi connectivity index (χ3v) is 3.49. The highest BCUT2D eigenvalue weighted by molar-refractivity contribution is 6.42. The number of Topliss-reactive ketones (excluding diaryl/α,β-unsaturated/α-hetero) is 2. The Morgan fingerprint density at radius 1 is 1.43 bits per heavy atom. The summed E-state index contributed by atoms with van der Waals surface area (Å²) in [6.45, 7) is 2.62. The van der Waals surface area contributed by atoms with Gasteiger partial charge < -0.3 is 10.0 Å². The van der Waals surface area contributed by atoms with E-state index in [0.29, 0.717) is 5.56 Å². The van der Waals surface area contributed by atoms with Gasteiger partial charge in [0, 0.05) is 6.54 Å². The van der Waals surface area contributed by atoms with Crippen molar-refractivity contribution in [1.82, 2.24) is 4.90 Å². The van der Waals surface area contributed by atoms with E-state index < -0.39 is 41.4 Å². The van der Waals surface area contributed by atoms with Gasteiger partial charge in [-0.1, -0.05) is 12.1 Å². The number of hydrogen-bond acceptors (Lipinski definition) is 4. The number of aliphatic hydroxyl groups excluding tert-OH is 1. The second kappa shape index (κ2) is 5.73. The van der Waals surface area contributed by atoms with Gasteiger partial charge in [-0.3, -0.25) is 14.4 Å². The largest absolute Gasteiger partial charge is 0.392 e. The highest BCUT2D eigenvalue weighted by atomic mass is 19.1. The van der Waals surface area contributed by atoms with Crippen molar-refractivity contribution in [3.05, 3.63) is 35.6 Å². The van der Waals surface area contributed by atoms with Gasteiger partial charge in [0.25, 0.3) is 5.91 Å². The van der Waals surface area contributed by atoms with Gasteiger partial charge in [-0.2, -0.15) is 0 Å². The molecule has 1 aromatic rings. The second-order valence-electron chi connectivity index (χ2n) is 5.26. The highest BCUT2D eigenvalue weighted by Crippen LogP contribution is 2.36. The molecule has 0 spiro atoms. The lowest BCUT2D eigenvalue weighted by Crippen LogP contribution is -2.36. The van der Waals surface area contributed by atoms with Gasteiger partial charge in [-0.15, -0.1) is 0 Å². The number of rotatable bonds is 4. The van der Waals surface area contributed by atoms with Crippen molar-refractivity contribution in [2.45, 2.75) is 26.0 Å². The molecule has 1 aliphatic rings. The van der Waals surface area contributed by atoms with Gasteiger partial charge >= 0.3 is 0 Å². The van der Waals surface area contributed by atoms with Crippen molar-refractivity contribution < 1.29 is 23.9 Å². The molecule has 0 bridgehead atoms. The highest BCUT2D eigenvalue weighted by Gasteiger charge is 2.50.